The van der Waals surface area contributed by atoms with Crippen molar-refractivity contribution in [2.45, 2.75) is 33.0 Å². The predicted molar refractivity (Wildman–Crippen MR) is 69.5 cm³/mol. The van der Waals surface area contributed by atoms with Gasteiger partial charge in [-0.25, -0.2) is 0 Å². The van der Waals surface area contributed by atoms with Crippen LogP contribution < -0.4 is 0 Å². The Morgan fingerprint density at radius 2 is 1.32 bits per heavy atom. The van der Waals surface area contributed by atoms with Gasteiger partial charge in [-0.15, -0.1) is 0 Å². The Labute approximate surface area is 111 Å². The zero-order valence-corrected chi connectivity index (χ0v) is 11.2. The number of carbonyl (C=O) groups is 2. The van der Waals surface area contributed by atoms with Crippen molar-refractivity contribution in [2.75, 3.05) is 0 Å². The van der Waals surface area contributed by atoms with E-state index in [1.54, 1.807) is 31.2 Å². The van der Waals surface area contributed by atoms with Gasteiger partial charge in [0.1, 0.15) is 0 Å². The highest BCUT2D eigenvalue weighted by Gasteiger charge is 2.21. The first-order valence-corrected chi connectivity index (χ1v) is 5.52. The molecule has 0 fully saturated rings. The largest absolute Gasteiger partial charge is 0.481 e. The van der Waals surface area contributed by atoms with Crippen LogP contribution in [0.5, 0.6) is 0 Å². The molecule has 1 aromatic carbocycles. The summed E-state index contributed by atoms with van der Waals surface area (Å²) in [6, 6.07) is 8.81. The van der Waals surface area contributed by atoms with Crippen molar-refractivity contribution >= 4 is 11.9 Å². The third-order valence-corrected chi connectivity index (χ3v) is 1.73. The van der Waals surface area contributed by atoms with Gasteiger partial charge in [-0.1, -0.05) is 37.3 Å². The number of carboxylic acids is 2. The van der Waals surface area contributed by atoms with Crippen molar-refractivity contribution in [3.05, 3.63) is 35.9 Å². The molecule has 1 rings (SSSR count). The molecule has 0 aliphatic carbocycles. The predicted octanol–water partition coefficient (Wildman–Crippen LogP) is 1.42. The van der Waals surface area contributed by atoms with Gasteiger partial charge in [0, 0.05) is 25.8 Å². The monoisotopic (exact) mass is 272 g/mol. The molecule has 4 N–H and O–H groups in total. The van der Waals surface area contributed by atoms with Gasteiger partial charge in [-0.2, -0.15) is 0 Å². The number of carboxylic acid groups (broad SMARTS) is 2. The summed E-state index contributed by atoms with van der Waals surface area (Å²) in [7, 11) is 0. The smallest absolute Gasteiger partial charge is 0.300 e. The highest BCUT2D eigenvalue weighted by Crippen LogP contribution is 2.20. The summed E-state index contributed by atoms with van der Waals surface area (Å²) in [6.07, 6.45) is 0.303. The van der Waals surface area contributed by atoms with Gasteiger partial charge in [0.15, 0.2) is 5.79 Å². The SMILES string of the molecule is CC(=O)O.CC(=O)O.CCC(O)(O)c1ccccc1. The second-order valence-corrected chi connectivity index (χ2v) is 3.57. The first-order valence-electron chi connectivity index (χ1n) is 5.52. The van der Waals surface area contributed by atoms with E-state index in [1.807, 2.05) is 6.07 Å². The summed E-state index contributed by atoms with van der Waals surface area (Å²) < 4.78 is 0. The van der Waals surface area contributed by atoms with Crippen LogP contribution in [0.15, 0.2) is 30.3 Å². The maximum atomic E-state index is 9.35. The molecular weight excluding hydrogens is 252 g/mol. The number of aliphatic hydroxyl groups is 2. The minimum atomic E-state index is -1.67. The fraction of sp³-hybridized carbons (Fsp3) is 0.385. The lowest BCUT2D eigenvalue weighted by molar-refractivity contribution is -0.171. The summed E-state index contributed by atoms with van der Waals surface area (Å²) >= 11 is 0. The van der Waals surface area contributed by atoms with E-state index in [2.05, 4.69) is 0 Å². The van der Waals surface area contributed by atoms with Gasteiger partial charge in [-0.3, -0.25) is 9.59 Å². The van der Waals surface area contributed by atoms with Crippen LogP contribution in [0.25, 0.3) is 0 Å². The van der Waals surface area contributed by atoms with Crippen LogP contribution in [0.3, 0.4) is 0 Å². The zero-order chi connectivity index (χ0) is 15.5. The number of aliphatic carboxylic acids is 2. The fourth-order valence-corrected chi connectivity index (χ4v) is 0.909. The van der Waals surface area contributed by atoms with E-state index in [-0.39, 0.29) is 0 Å². The summed E-state index contributed by atoms with van der Waals surface area (Å²) in [6.45, 7) is 3.90. The molecule has 0 aromatic heterocycles. The summed E-state index contributed by atoms with van der Waals surface area (Å²) in [5.41, 5.74) is 0.544. The van der Waals surface area contributed by atoms with E-state index in [0.717, 1.165) is 13.8 Å². The molecule has 0 bridgehead atoms. The van der Waals surface area contributed by atoms with Gasteiger partial charge in [-0.05, 0) is 0 Å². The normalized spacial score (nSPS) is 9.32. The molecular formula is C13H20O6. The molecule has 1 aromatic rings. The Balaban J connectivity index is 0. The Kier molecular flexibility index (Phi) is 10.3. The average molecular weight is 272 g/mol. The lowest BCUT2D eigenvalue weighted by atomic mass is 10.0. The van der Waals surface area contributed by atoms with Crippen LogP contribution in [-0.4, -0.2) is 32.4 Å². The molecule has 0 aliphatic rings. The zero-order valence-electron chi connectivity index (χ0n) is 11.2. The maximum Gasteiger partial charge on any atom is 0.300 e. The highest BCUT2D eigenvalue weighted by atomic mass is 16.5. The lowest BCUT2D eigenvalue weighted by Crippen LogP contribution is -2.23. The van der Waals surface area contributed by atoms with Gasteiger partial charge in [0.25, 0.3) is 11.9 Å². The standard InChI is InChI=1S/C9H12O2.2C2H4O2/c1-2-9(10,11)8-6-4-3-5-7-8;2*1-2(3)4/h3-7,10-11H,2H2,1H3;2*1H3,(H,3,4). The molecule has 0 amide bonds. The third kappa shape index (κ3) is 14.0. The topological polar surface area (TPSA) is 115 Å². The number of rotatable bonds is 2. The molecule has 0 heterocycles. The first-order chi connectivity index (χ1) is 8.63. The van der Waals surface area contributed by atoms with Crippen LogP contribution in [0, 0.1) is 0 Å². The number of benzene rings is 1. The molecule has 0 saturated heterocycles. The average Bonchev–Trinajstić information content (AvgIpc) is 2.29. The van der Waals surface area contributed by atoms with Crippen molar-refractivity contribution in [3.8, 4) is 0 Å². The molecule has 6 heteroatoms. The van der Waals surface area contributed by atoms with Crippen molar-refractivity contribution in [1.82, 2.24) is 0 Å². The van der Waals surface area contributed by atoms with E-state index in [0.29, 0.717) is 12.0 Å². The minimum absolute atomic E-state index is 0.303. The highest BCUT2D eigenvalue weighted by molar-refractivity contribution is 5.63. The molecule has 0 aliphatic heterocycles. The number of hydrogen-bond acceptors (Lipinski definition) is 4. The quantitative estimate of drug-likeness (QED) is 0.605. The van der Waals surface area contributed by atoms with Crippen molar-refractivity contribution in [1.29, 1.82) is 0 Å². The Hall–Kier alpha value is -1.92. The molecule has 6 nitrogen and oxygen atoms in total. The summed E-state index contributed by atoms with van der Waals surface area (Å²) in [5.74, 6) is -3.33. The van der Waals surface area contributed by atoms with E-state index < -0.39 is 17.7 Å². The van der Waals surface area contributed by atoms with Crippen molar-refractivity contribution in [2.24, 2.45) is 0 Å². The Morgan fingerprint density at radius 3 is 1.58 bits per heavy atom. The van der Waals surface area contributed by atoms with Gasteiger partial charge < -0.3 is 20.4 Å². The van der Waals surface area contributed by atoms with Gasteiger partial charge >= 0.3 is 0 Å². The van der Waals surface area contributed by atoms with Crippen LogP contribution >= 0.6 is 0 Å². The van der Waals surface area contributed by atoms with E-state index in [4.69, 9.17) is 19.8 Å². The maximum absolute atomic E-state index is 9.35. The molecule has 0 unspecified atom stereocenters. The summed E-state index contributed by atoms with van der Waals surface area (Å²) in [4.78, 5) is 18.0. The van der Waals surface area contributed by atoms with Crippen molar-refractivity contribution < 1.29 is 30.0 Å². The van der Waals surface area contributed by atoms with Crippen molar-refractivity contribution in [3.63, 3.8) is 0 Å². The van der Waals surface area contributed by atoms with Crippen LogP contribution in [0.4, 0.5) is 0 Å². The molecule has 0 saturated carbocycles. The third-order valence-electron chi connectivity index (χ3n) is 1.73. The van der Waals surface area contributed by atoms with E-state index in [1.165, 1.54) is 0 Å². The van der Waals surface area contributed by atoms with Gasteiger partial charge in [0.2, 0.25) is 0 Å². The van der Waals surface area contributed by atoms with E-state index in [9.17, 15) is 10.2 Å². The molecule has 0 radical (unpaired) electrons. The number of hydrogen-bond donors (Lipinski definition) is 4. The fourth-order valence-electron chi connectivity index (χ4n) is 0.909. The molecule has 19 heavy (non-hydrogen) atoms. The van der Waals surface area contributed by atoms with Crippen LogP contribution in [-0.2, 0) is 15.4 Å². The molecule has 0 spiro atoms. The Bertz CT molecular complexity index is 352. The molecule has 0 atom stereocenters. The Morgan fingerprint density at radius 1 is 1.00 bits per heavy atom. The summed E-state index contributed by atoms with van der Waals surface area (Å²) in [5, 5.41) is 33.5. The van der Waals surface area contributed by atoms with Gasteiger partial charge in [0.05, 0.1) is 0 Å². The second kappa shape index (κ2) is 10.0. The molecule has 108 valence electrons. The lowest BCUT2D eigenvalue weighted by Gasteiger charge is -2.19. The van der Waals surface area contributed by atoms with E-state index >= 15 is 0 Å². The van der Waals surface area contributed by atoms with Crippen LogP contribution in [0.1, 0.15) is 32.8 Å². The first kappa shape index (κ1) is 19.4. The van der Waals surface area contributed by atoms with Crippen LogP contribution in [0.2, 0.25) is 0 Å². The minimum Gasteiger partial charge on any atom is -0.481 e. The second-order valence-electron chi connectivity index (χ2n) is 3.57.